The van der Waals surface area contributed by atoms with Crippen molar-refractivity contribution in [2.75, 3.05) is 52.5 Å². The Balaban J connectivity index is 0.00000341. The number of nitrogens with zero attached hydrogens (tertiary/aromatic N) is 3. The number of hydrogen-bond acceptors (Lipinski definition) is 5. The van der Waals surface area contributed by atoms with E-state index in [2.05, 4.69) is 46.2 Å². The number of hydrogen-bond donors (Lipinski definition) is 2. The number of piperazine rings is 1. The Hall–Kier alpha value is -2.16. The highest BCUT2D eigenvalue weighted by Gasteiger charge is 2.26. The van der Waals surface area contributed by atoms with Crippen LogP contribution < -0.4 is 5.73 Å². The third-order valence-corrected chi connectivity index (χ3v) is 5.58. The summed E-state index contributed by atoms with van der Waals surface area (Å²) in [6.07, 6.45) is 0. The summed E-state index contributed by atoms with van der Waals surface area (Å²) in [7, 11) is 0. The lowest BCUT2D eigenvalue weighted by Crippen LogP contribution is -2.48. The first kappa shape index (κ1) is 25.1. The molecule has 0 aromatic heterocycles. The Morgan fingerprint density at radius 3 is 2.26 bits per heavy atom. The second kappa shape index (κ2) is 12.6. The molecule has 2 aromatic carbocycles. The monoisotopic (exact) mass is 448 g/mol. The van der Waals surface area contributed by atoms with Crippen LogP contribution in [-0.4, -0.2) is 78.6 Å². The van der Waals surface area contributed by atoms with Gasteiger partial charge in [-0.25, -0.2) is 9.86 Å². The molecule has 3 rings (SSSR count). The van der Waals surface area contributed by atoms with E-state index in [9.17, 15) is 10.0 Å². The fourth-order valence-corrected chi connectivity index (χ4v) is 3.82. The van der Waals surface area contributed by atoms with Crippen molar-refractivity contribution >= 4 is 17.6 Å². The van der Waals surface area contributed by atoms with Crippen LogP contribution in [0.4, 0.5) is 4.79 Å². The molecule has 1 aliphatic rings. The van der Waals surface area contributed by atoms with Crippen molar-refractivity contribution in [1.29, 1.82) is 0 Å². The van der Waals surface area contributed by atoms with Gasteiger partial charge < -0.3 is 10.5 Å². The van der Waals surface area contributed by atoms with Gasteiger partial charge in [-0.3, -0.25) is 15.0 Å². The van der Waals surface area contributed by atoms with Gasteiger partial charge >= 0.3 is 6.03 Å². The summed E-state index contributed by atoms with van der Waals surface area (Å²) in [5.74, 6) is 0. The average Bonchev–Trinajstić information content (AvgIpc) is 2.76. The lowest BCUT2D eigenvalue weighted by atomic mass is 9.96. The summed E-state index contributed by atoms with van der Waals surface area (Å²) >= 11 is 6.10. The molecule has 1 saturated heterocycles. The Bertz CT molecular complexity index is 783. The van der Waals surface area contributed by atoms with Gasteiger partial charge in [-0.15, -0.1) is 0 Å². The van der Waals surface area contributed by atoms with E-state index in [0.717, 1.165) is 37.7 Å². The molecule has 2 aromatic rings. The molecule has 8 heteroatoms. The number of primary amides is 1. The maximum atomic E-state index is 10.7. The zero-order valence-electron chi connectivity index (χ0n) is 17.0. The third-order valence-electron chi connectivity index (χ3n) is 5.33. The number of ether oxygens (including phenoxy) is 1. The summed E-state index contributed by atoms with van der Waals surface area (Å²) in [5, 5.41) is 10.4. The van der Waals surface area contributed by atoms with Crippen molar-refractivity contribution in [3.05, 3.63) is 70.7 Å². The zero-order chi connectivity index (χ0) is 21.3. The molecule has 2 amide bonds. The number of urea groups is 1. The first-order valence-corrected chi connectivity index (χ1v) is 10.5. The maximum absolute atomic E-state index is 10.7. The lowest BCUT2D eigenvalue weighted by molar-refractivity contribution is -0.0578. The average molecular weight is 449 g/mol. The van der Waals surface area contributed by atoms with Crippen LogP contribution in [-0.2, 0) is 4.74 Å². The number of nitrogens with two attached hydrogens (primary N) is 1. The van der Waals surface area contributed by atoms with E-state index in [1.807, 2.05) is 18.2 Å². The smallest absolute Gasteiger partial charge is 0.338 e. The maximum Gasteiger partial charge on any atom is 0.338 e. The molecule has 0 unspecified atom stereocenters. The highest BCUT2D eigenvalue weighted by molar-refractivity contribution is 6.30. The highest BCUT2D eigenvalue weighted by atomic mass is 35.5. The van der Waals surface area contributed by atoms with Gasteiger partial charge in [-0.05, 0) is 23.3 Å². The standard InChI is InChI=1S/C22H29ClN4O3.CH4/c23-20-8-6-19(7-9-20)21(18-4-2-1-3-5-18)26-12-10-25(11-13-26)14-16-30-17-15-27(29)22(24)28;/h1-9,21,29H,10-17H2,(H2,24,28);1H4/t21-;/m0./s1. The number of hydroxylamine groups is 2. The fraction of sp³-hybridized carbons (Fsp3) is 0.435. The Labute approximate surface area is 189 Å². The molecule has 7 nitrogen and oxygen atoms in total. The molecule has 31 heavy (non-hydrogen) atoms. The molecule has 0 bridgehead atoms. The largest absolute Gasteiger partial charge is 0.378 e. The molecule has 0 aliphatic carbocycles. The molecule has 3 N–H and O–H groups in total. The van der Waals surface area contributed by atoms with Crippen LogP contribution in [0.3, 0.4) is 0 Å². The van der Waals surface area contributed by atoms with Gasteiger partial charge in [0.2, 0.25) is 0 Å². The van der Waals surface area contributed by atoms with Gasteiger partial charge in [0.15, 0.2) is 0 Å². The lowest BCUT2D eigenvalue weighted by Gasteiger charge is -2.39. The van der Waals surface area contributed by atoms with E-state index >= 15 is 0 Å². The molecular formula is C23H33ClN4O3. The van der Waals surface area contributed by atoms with E-state index < -0.39 is 6.03 Å². The van der Waals surface area contributed by atoms with Crippen LogP contribution in [0.2, 0.25) is 5.02 Å². The van der Waals surface area contributed by atoms with Gasteiger partial charge in [0.1, 0.15) is 0 Å². The molecule has 0 saturated carbocycles. The Morgan fingerprint density at radius 1 is 1.03 bits per heavy atom. The number of carbonyl (C=O) groups excluding carboxylic acids is 1. The number of benzene rings is 2. The van der Waals surface area contributed by atoms with Crippen LogP contribution in [0, 0.1) is 0 Å². The third kappa shape index (κ3) is 7.48. The van der Waals surface area contributed by atoms with E-state index in [1.54, 1.807) is 0 Å². The van der Waals surface area contributed by atoms with E-state index in [-0.39, 0.29) is 26.6 Å². The summed E-state index contributed by atoms with van der Waals surface area (Å²) in [6.45, 7) is 5.50. The van der Waals surface area contributed by atoms with Crippen molar-refractivity contribution in [1.82, 2.24) is 14.9 Å². The van der Waals surface area contributed by atoms with Crippen LogP contribution in [0.5, 0.6) is 0 Å². The van der Waals surface area contributed by atoms with Crippen LogP contribution >= 0.6 is 11.6 Å². The summed E-state index contributed by atoms with van der Waals surface area (Å²) in [4.78, 5) is 15.6. The number of halogens is 1. The molecule has 1 fully saturated rings. The molecule has 0 radical (unpaired) electrons. The predicted octanol–water partition coefficient (Wildman–Crippen LogP) is 3.47. The minimum Gasteiger partial charge on any atom is -0.378 e. The van der Waals surface area contributed by atoms with Crippen molar-refractivity contribution in [3.63, 3.8) is 0 Å². The van der Waals surface area contributed by atoms with Gasteiger partial charge in [-0.1, -0.05) is 61.5 Å². The van der Waals surface area contributed by atoms with Gasteiger partial charge in [0, 0.05) is 37.7 Å². The van der Waals surface area contributed by atoms with Crippen molar-refractivity contribution in [2.45, 2.75) is 13.5 Å². The first-order chi connectivity index (χ1) is 14.5. The van der Waals surface area contributed by atoms with Crippen LogP contribution in [0.15, 0.2) is 54.6 Å². The normalized spacial score (nSPS) is 15.8. The minimum absolute atomic E-state index is 0. The van der Waals surface area contributed by atoms with Crippen LogP contribution in [0.25, 0.3) is 0 Å². The Kier molecular flexibility index (Phi) is 10.2. The number of rotatable bonds is 9. The van der Waals surface area contributed by atoms with Gasteiger partial charge in [0.25, 0.3) is 0 Å². The van der Waals surface area contributed by atoms with Gasteiger partial charge in [0.05, 0.1) is 25.8 Å². The molecular weight excluding hydrogens is 416 g/mol. The molecule has 170 valence electrons. The van der Waals surface area contributed by atoms with E-state index in [4.69, 9.17) is 22.1 Å². The van der Waals surface area contributed by atoms with Crippen molar-refractivity contribution < 1.29 is 14.7 Å². The molecule has 1 aliphatic heterocycles. The second-order valence-electron chi connectivity index (χ2n) is 7.32. The topological polar surface area (TPSA) is 82.3 Å². The van der Waals surface area contributed by atoms with E-state index in [1.165, 1.54) is 11.1 Å². The van der Waals surface area contributed by atoms with Crippen molar-refractivity contribution in [2.24, 2.45) is 5.73 Å². The van der Waals surface area contributed by atoms with Gasteiger partial charge in [-0.2, -0.15) is 0 Å². The summed E-state index contributed by atoms with van der Waals surface area (Å²) < 4.78 is 5.50. The summed E-state index contributed by atoms with van der Waals surface area (Å²) in [6, 6.07) is 18.0. The Morgan fingerprint density at radius 2 is 1.65 bits per heavy atom. The summed E-state index contributed by atoms with van der Waals surface area (Å²) in [5.41, 5.74) is 7.48. The molecule has 0 spiro atoms. The SMILES string of the molecule is C.NC(=O)N(O)CCOCCN1CCN([C@@H](c2ccccc2)c2ccc(Cl)cc2)CC1. The minimum atomic E-state index is -0.872. The predicted molar refractivity (Wildman–Crippen MR) is 123 cm³/mol. The van der Waals surface area contributed by atoms with Crippen LogP contribution in [0.1, 0.15) is 24.6 Å². The fourth-order valence-electron chi connectivity index (χ4n) is 3.70. The first-order valence-electron chi connectivity index (χ1n) is 10.1. The van der Waals surface area contributed by atoms with Crippen molar-refractivity contribution in [3.8, 4) is 0 Å². The molecule has 1 atom stereocenters. The second-order valence-corrected chi connectivity index (χ2v) is 7.75. The number of carbonyl (C=O) groups is 1. The highest BCUT2D eigenvalue weighted by Crippen LogP contribution is 2.30. The quantitative estimate of drug-likeness (QED) is 0.348. The molecule has 1 heterocycles. The number of amides is 2. The zero-order valence-corrected chi connectivity index (χ0v) is 17.7. The van der Waals surface area contributed by atoms with E-state index in [0.29, 0.717) is 11.7 Å².